The molecule has 0 aliphatic carbocycles. The third kappa shape index (κ3) is 1.89. The minimum Gasteiger partial charge on any atom is -0.339 e. The van der Waals surface area contributed by atoms with Crippen molar-refractivity contribution in [1.82, 2.24) is 15.0 Å². The standard InChI is InChI=1S/C13H10ClN3/c14-12(9-4-2-1-3-5-9)13-16-10-6-7-15-8-11(10)17-13/h1-8,12H,(H,16,17). The number of aromatic amines is 1. The number of pyridine rings is 1. The zero-order valence-electron chi connectivity index (χ0n) is 8.97. The first-order chi connectivity index (χ1) is 8.34. The summed E-state index contributed by atoms with van der Waals surface area (Å²) in [6, 6.07) is 11.7. The van der Waals surface area contributed by atoms with Crippen molar-refractivity contribution in [1.29, 1.82) is 0 Å². The summed E-state index contributed by atoms with van der Waals surface area (Å²) in [6.07, 6.45) is 3.47. The SMILES string of the molecule is ClC(c1ccccc1)c1nc2ccncc2[nH]1. The van der Waals surface area contributed by atoms with E-state index in [0.717, 1.165) is 22.4 Å². The van der Waals surface area contributed by atoms with Crippen LogP contribution in [0.25, 0.3) is 11.0 Å². The summed E-state index contributed by atoms with van der Waals surface area (Å²) in [7, 11) is 0. The molecule has 0 amide bonds. The summed E-state index contributed by atoms with van der Waals surface area (Å²) in [5.74, 6) is 0.751. The molecule has 3 rings (SSSR count). The molecule has 0 aliphatic heterocycles. The summed E-state index contributed by atoms with van der Waals surface area (Å²) in [5.41, 5.74) is 2.82. The van der Waals surface area contributed by atoms with Crippen LogP contribution in [0.15, 0.2) is 48.8 Å². The van der Waals surface area contributed by atoms with Crippen molar-refractivity contribution in [3.05, 3.63) is 60.2 Å². The average Bonchev–Trinajstić information content (AvgIpc) is 2.82. The normalized spacial score (nSPS) is 12.8. The van der Waals surface area contributed by atoms with Crippen LogP contribution in [-0.2, 0) is 0 Å². The molecule has 2 heterocycles. The number of rotatable bonds is 2. The highest BCUT2D eigenvalue weighted by molar-refractivity contribution is 6.22. The molecule has 0 radical (unpaired) electrons. The fraction of sp³-hybridized carbons (Fsp3) is 0.0769. The van der Waals surface area contributed by atoms with Gasteiger partial charge in [-0.25, -0.2) is 4.98 Å². The number of hydrogen-bond donors (Lipinski definition) is 1. The van der Waals surface area contributed by atoms with Gasteiger partial charge in [-0.2, -0.15) is 0 Å². The van der Waals surface area contributed by atoms with Crippen LogP contribution in [0.2, 0.25) is 0 Å². The summed E-state index contributed by atoms with van der Waals surface area (Å²) in [4.78, 5) is 11.7. The van der Waals surface area contributed by atoms with Crippen molar-refractivity contribution in [3.8, 4) is 0 Å². The quantitative estimate of drug-likeness (QED) is 0.702. The van der Waals surface area contributed by atoms with Crippen molar-refractivity contribution >= 4 is 22.6 Å². The van der Waals surface area contributed by atoms with E-state index in [0.29, 0.717) is 0 Å². The number of H-pyrrole nitrogens is 1. The number of imidazole rings is 1. The van der Waals surface area contributed by atoms with Gasteiger partial charge in [-0.1, -0.05) is 30.3 Å². The number of fused-ring (bicyclic) bond motifs is 1. The smallest absolute Gasteiger partial charge is 0.129 e. The number of nitrogens with zero attached hydrogens (tertiary/aromatic N) is 2. The van der Waals surface area contributed by atoms with Gasteiger partial charge in [0.05, 0.1) is 17.2 Å². The van der Waals surface area contributed by atoms with E-state index in [2.05, 4.69) is 15.0 Å². The molecule has 1 N–H and O–H groups in total. The minimum atomic E-state index is -0.261. The molecule has 3 nitrogen and oxygen atoms in total. The summed E-state index contributed by atoms with van der Waals surface area (Å²) in [5, 5.41) is -0.261. The molecule has 2 aromatic heterocycles. The summed E-state index contributed by atoms with van der Waals surface area (Å²) >= 11 is 6.39. The van der Waals surface area contributed by atoms with Crippen LogP contribution >= 0.6 is 11.6 Å². The Balaban J connectivity index is 2.04. The second kappa shape index (κ2) is 4.18. The number of aromatic nitrogens is 3. The molecule has 0 saturated heterocycles. The fourth-order valence-electron chi connectivity index (χ4n) is 1.78. The largest absolute Gasteiger partial charge is 0.339 e. The molecule has 0 spiro atoms. The van der Waals surface area contributed by atoms with Crippen LogP contribution in [0.1, 0.15) is 16.8 Å². The van der Waals surface area contributed by atoms with Gasteiger partial charge >= 0.3 is 0 Å². The maximum atomic E-state index is 6.39. The second-order valence-corrected chi connectivity index (χ2v) is 4.22. The first kappa shape index (κ1) is 10.3. The van der Waals surface area contributed by atoms with Gasteiger partial charge in [0.15, 0.2) is 0 Å². The van der Waals surface area contributed by atoms with Crippen LogP contribution in [0.3, 0.4) is 0 Å². The number of benzene rings is 1. The third-order valence-corrected chi connectivity index (χ3v) is 3.09. The van der Waals surface area contributed by atoms with E-state index in [1.54, 1.807) is 12.4 Å². The molecule has 84 valence electrons. The molecular weight excluding hydrogens is 234 g/mol. The van der Waals surface area contributed by atoms with Gasteiger partial charge in [0.1, 0.15) is 11.2 Å². The van der Waals surface area contributed by atoms with E-state index in [-0.39, 0.29) is 5.38 Å². The van der Waals surface area contributed by atoms with E-state index in [4.69, 9.17) is 11.6 Å². The number of hydrogen-bond acceptors (Lipinski definition) is 2. The Labute approximate surface area is 103 Å². The highest BCUT2D eigenvalue weighted by Crippen LogP contribution is 2.27. The average molecular weight is 244 g/mol. The van der Waals surface area contributed by atoms with Gasteiger partial charge in [0.25, 0.3) is 0 Å². The lowest BCUT2D eigenvalue weighted by Crippen LogP contribution is -1.94. The maximum Gasteiger partial charge on any atom is 0.129 e. The number of halogens is 1. The summed E-state index contributed by atoms with van der Waals surface area (Å²) < 4.78 is 0. The van der Waals surface area contributed by atoms with Crippen LogP contribution in [0.5, 0.6) is 0 Å². The zero-order valence-corrected chi connectivity index (χ0v) is 9.72. The molecule has 1 aromatic carbocycles. The van der Waals surface area contributed by atoms with Gasteiger partial charge < -0.3 is 4.98 Å². The first-order valence-corrected chi connectivity index (χ1v) is 5.77. The van der Waals surface area contributed by atoms with Crippen LogP contribution < -0.4 is 0 Å². The zero-order chi connectivity index (χ0) is 11.7. The van der Waals surface area contributed by atoms with Crippen molar-refractivity contribution in [3.63, 3.8) is 0 Å². The van der Waals surface area contributed by atoms with Crippen molar-refractivity contribution in [2.24, 2.45) is 0 Å². The molecule has 0 saturated carbocycles. The molecular formula is C13H10ClN3. The van der Waals surface area contributed by atoms with Crippen LogP contribution in [-0.4, -0.2) is 15.0 Å². The molecule has 0 fully saturated rings. The Morgan fingerprint density at radius 1 is 1.12 bits per heavy atom. The Morgan fingerprint density at radius 3 is 2.71 bits per heavy atom. The van der Waals surface area contributed by atoms with Gasteiger partial charge in [-0.15, -0.1) is 11.6 Å². The topological polar surface area (TPSA) is 41.6 Å². The molecule has 1 atom stereocenters. The Kier molecular flexibility index (Phi) is 2.53. The Bertz CT molecular complexity index is 600. The van der Waals surface area contributed by atoms with E-state index < -0.39 is 0 Å². The first-order valence-electron chi connectivity index (χ1n) is 5.33. The minimum absolute atomic E-state index is 0.261. The number of alkyl halides is 1. The molecule has 4 heteroatoms. The van der Waals surface area contributed by atoms with Crippen molar-refractivity contribution in [2.75, 3.05) is 0 Å². The maximum absolute atomic E-state index is 6.39. The molecule has 17 heavy (non-hydrogen) atoms. The van der Waals surface area contributed by atoms with E-state index in [1.807, 2.05) is 36.4 Å². The predicted octanol–water partition coefficient (Wildman–Crippen LogP) is 3.29. The molecule has 0 aliphatic rings. The van der Waals surface area contributed by atoms with E-state index in [9.17, 15) is 0 Å². The Hall–Kier alpha value is -1.87. The monoisotopic (exact) mass is 243 g/mol. The lowest BCUT2D eigenvalue weighted by Gasteiger charge is -2.05. The predicted molar refractivity (Wildman–Crippen MR) is 68.0 cm³/mol. The molecule has 0 bridgehead atoms. The van der Waals surface area contributed by atoms with Crippen LogP contribution in [0, 0.1) is 0 Å². The second-order valence-electron chi connectivity index (χ2n) is 3.79. The summed E-state index contributed by atoms with van der Waals surface area (Å²) in [6.45, 7) is 0. The van der Waals surface area contributed by atoms with Gasteiger partial charge in [-0.3, -0.25) is 4.98 Å². The van der Waals surface area contributed by atoms with Gasteiger partial charge in [-0.05, 0) is 11.6 Å². The Morgan fingerprint density at radius 2 is 1.94 bits per heavy atom. The number of nitrogens with one attached hydrogen (secondary N) is 1. The lowest BCUT2D eigenvalue weighted by molar-refractivity contribution is 1.00. The third-order valence-electron chi connectivity index (χ3n) is 2.63. The fourth-order valence-corrected chi connectivity index (χ4v) is 2.03. The van der Waals surface area contributed by atoms with E-state index in [1.165, 1.54) is 0 Å². The molecule has 1 unspecified atom stereocenters. The van der Waals surface area contributed by atoms with E-state index >= 15 is 0 Å². The highest BCUT2D eigenvalue weighted by atomic mass is 35.5. The van der Waals surface area contributed by atoms with Crippen molar-refractivity contribution in [2.45, 2.75) is 5.38 Å². The van der Waals surface area contributed by atoms with Gasteiger partial charge in [0, 0.05) is 6.20 Å². The highest BCUT2D eigenvalue weighted by Gasteiger charge is 2.14. The molecule has 3 aromatic rings. The van der Waals surface area contributed by atoms with Crippen LogP contribution in [0.4, 0.5) is 0 Å². The van der Waals surface area contributed by atoms with Gasteiger partial charge in [0.2, 0.25) is 0 Å². The van der Waals surface area contributed by atoms with Crippen molar-refractivity contribution < 1.29 is 0 Å². The lowest BCUT2D eigenvalue weighted by atomic mass is 10.1.